The van der Waals surface area contributed by atoms with Crippen molar-refractivity contribution < 1.29 is 49.7 Å². The monoisotopic (exact) mass is 1120 g/mol. The van der Waals surface area contributed by atoms with Crippen molar-refractivity contribution in [2.24, 2.45) is 0 Å². The van der Waals surface area contributed by atoms with Gasteiger partial charge in [-0.3, -0.25) is 3.94 Å². The van der Waals surface area contributed by atoms with Crippen molar-refractivity contribution in [2.45, 2.75) is 257 Å². The molecule has 0 saturated heterocycles. The maximum atomic E-state index is 7.00. The maximum absolute atomic E-state index is 7.00. The Morgan fingerprint density at radius 2 is 0.750 bits per heavy atom. The van der Waals surface area contributed by atoms with Gasteiger partial charge in [0, 0.05) is 74.9 Å². The number of rotatable bonds is 38. The van der Waals surface area contributed by atoms with E-state index in [1.807, 2.05) is 0 Å². The van der Waals surface area contributed by atoms with Crippen LogP contribution in [0.1, 0.15) is 205 Å². The van der Waals surface area contributed by atoms with E-state index in [2.05, 4.69) is 170 Å². The Kier molecular flexibility index (Phi) is 61.4. The van der Waals surface area contributed by atoms with Gasteiger partial charge in [-0.05, 0) is 106 Å². The molecule has 0 aliphatic heterocycles. The molecule has 0 bridgehead atoms. The first-order valence-electron chi connectivity index (χ1n) is 27.2. The van der Waals surface area contributed by atoms with Gasteiger partial charge in [0.1, 0.15) is 0 Å². The van der Waals surface area contributed by atoms with E-state index in [4.69, 9.17) is 49.6 Å². The molecule has 0 aromatic carbocycles. The summed E-state index contributed by atoms with van der Waals surface area (Å²) in [5.74, 6) is 29.2. The molecule has 0 fully saturated rings. The molecule has 0 amide bonds. The van der Waals surface area contributed by atoms with Gasteiger partial charge in [0.05, 0.1) is 6.11 Å². The Morgan fingerprint density at radius 1 is 0.403 bits per heavy atom. The van der Waals surface area contributed by atoms with E-state index < -0.39 is 69.4 Å². The number of unbranched alkanes of at least 4 members (excludes halogenated alkanes) is 20. The second-order valence-corrected chi connectivity index (χ2v) is 41.1. The first kappa shape index (κ1) is 76.2. The Hall–Kier alpha value is -2.27. The van der Waals surface area contributed by atoms with Gasteiger partial charge in [-0.25, -0.2) is 0 Å². The Bertz CT molecular complexity index is 1790. The minimum atomic E-state index is -2.24. The molecule has 9 nitrogen and oxygen atoms in total. The SMILES string of the molecule is C#CC#CC#CC#CO[O][Al]([CH2]CCCCCCC)[O][Si](C)(C)C.C#CC#CC#CC#C[O][Al]([O]CCCCCCCC)[O][Si](C)(C)C.CCCCCCC[CH2][Al]([CH2]CCCCCCC)[O][Si](C)(C)C.O=O.[HH].[HH].[HH].[HH].[HH].[HH].[HH].[HH].[HH].[HH].[HH].[HH].[HH].[HH].[HH].[HH]. The van der Waals surface area contributed by atoms with E-state index in [1.54, 1.807) is 0 Å². The smallest absolute Gasteiger partial charge is 0.549 e. The highest BCUT2D eigenvalue weighted by atomic mass is 28.4. The lowest BCUT2D eigenvalue weighted by Gasteiger charge is -2.24. The fourth-order valence-corrected chi connectivity index (χ4v) is 21.3. The van der Waals surface area contributed by atoms with Gasteiger partial charge in [-0.15, -0.1) is 12.8 Å². The number of terminal acetylenes is 2. The van der Waals surface area contributed by atoms with E-state index in [-0.39, 0.29) is 22.8 Å². The van der Waals surface area contributed by atoms with Crippen molar-refractivity contribution in [3.05, 3.63) is 9.93 Å². The summed E-state index contributed by atoms with van der Waals surface area (Å²) in [6, 6.07) is 0. The van der Waals surface area contributed by atoms with E-state index >= 15 is 0 Å². The lowest BCUT2D eigenvalue weighted by molar-refractivity contribution is -0.152. The highest BCUT2D eigenvalue weighted by Gasteiger charge is 2.39. The molecular formula is C57H129Al3O9Si3. The standard InChI is InChI=1S/C8H2O2.C8H17O.C8H2O.3C8H17.3C3H9OSi.3Al.O2.16H2/c1-2-3-4-5-6-7-8-10-9;2*1-2-3-4-5-6-7-8-9;3*1-3-5-7-8-6-4-2;3*1-5(2,3)4;;;;1-2;;;;;;;;;;;;;;;;/h1,9H;2-8H2,1H3;1,9H;3*1,3-8H2,2H3;3*1-3H3;;;;;16*1H/q;-1;;;;;3*-1;+1;+2;+3;;;;;;;;;;;;;;;;;/p-2. The summed E-state index contributed by atoms with van der Waals surface area (Å²) in [4.78, 5) is 19.0. The Labute approximate surface area is 485 Å². The van der Waals surface area contributed by atoms with Crippen LogP contribution >= 0.6 is 0 Å². The zero-order valence-corrected chi connectivity index (χ0v) is 54.3. The molecule has 0 radical (unpaired) electrons. The van der Waals surface area contributed by atoms with E-state index in [9.17, 15) is 0 Å². The van der Waals surface area contributed by atoms with Crippen LogP contribution in [0.25, 0.3) is 0 Å². The molecule has 0 atom stereocenters. The third-order valence-corrected chi connectivity index (χ3v) is 25.6. The average molecular weight is 1120 g/mol. The van der Waals surface area contributed by atoms with Crippen molar-refractivity contribution in [1.82, 2.24) is 0 Å². The summed E-state index contributed by atoms with van der Waals surface area (Å²) in [6.45, 7) is 29.6. The first-order chi connectivity index (χ1) is 34.5. The highest BCUT2D eigenvalue weighted by Crippen LogP contribution is 2.20. The summed E-state index contributed by atoms with van der Waals surface area (Å²) < 4.78 is 35.3. The van der Waals surface area contributed by atoms with E-state index in [0.717, 1.165) is 18.1 Å². The van der Waals surface area contributed by atoms with Gasteiger partial charge in [0.25, 0.3) is 0 Å². The minimum Gasteiger partial charge on any atom is -0.549 e. The summed E-state index contributed by atoms with van der Waals surface area (Å²) in [5.41, 5.74) is 0. The van der Waals surface area contributed by atoms with Gasteiger partial charge >= 0.3 is 44.4 Å². The molecule has 0 aliphatic carbocycles. The molecule has 0 aliphatic rings. The summed E-state index contributed by atoms with van der Waals surface area (Å²) in [7, 11) is -4.70. The third-order valence-electron chi connectivity index (χ3n) is 9.86. The van der Waals surface area contributed by atoms with Gasteiger partial charge < -0.3 is 22.9 Å². The van der Waals surface area contributed by atoms with Crippen LogP contribution < -0.4 is 0 Å². The predicted octanol–water partition coefficient (Wildman–Crippen LogP) is 19.6. The molecule has 0 saturated carbocycles. The van der Waals surface area contributed by atoms with Crippen LogP contribution in [0.4, 0.5) is 0 Å². The molecule has 0 rings (SSSR count). The number of hydrogen-bond donors (Lipinski definition) is 0. The molecule has 15 heteroatoms. The van der Waals surface area contributed by atoms with Gasteiger partial charge in [-0.1, -0.05) is 186 Å². The lowest BCUT2D eigenvalue weighted by atomic mass is 10.1. The van der Waals surface area contributed by atoms with Crippen LogP contribution in [0, 0.1) is 106 Å². The average Bonchev–Trinajstić information content (AvgIpc) is 3.32. The Morgan fingerprint density at radius 3 is 1.15 bits per heavy atom. The van der Waals surface area contributed by atoms with E-state index in [0.29, 0.717) is 6.61 Å². The predicted molar refractivity (Wildman–Crippen MR) is 353 cm³/mol. The Balaban J connectivity index is -0.0000000396. The molecule has 0 N–H and O–H groups in total. The minimum absolute atomic E-state index is 0. The highest BCUT2D eigenvalue weighted by molar-refractivity contribution is 6.77. The molecule has 72 heavy (non-hydrogen) atoms. The fourth-order valence-electron chi connectivity index (χ4n) is 6.61. The van der Waals surface area contributed by atoms with Crippen molar-refractivity contribution in [3.63, 3.8) is 0 Å². The number of hydrogen-bond acceptors (Lipinski definition) is 9. The van der Waals surface area contributed by atoms with Gasteiger partial charge in [-0.2, -0.15) is 0 Å². The topological polar surface area (TPSA) is 98.8 Å². The summed E-state index contributed by atoms with van der Waals surface area (Å²) >= 11 is -5.00. The van der Waals surface area contributed by atoms with Crippen LogP contribution in [-0.4, -0.2) is 76.0 Å². The van der Waals surface area contributed by atoms with E-state index in [1.165, 1.54) is 152 Å². The molecule has 0 spiro atoms. The fraction of sp³-hybridized carbons (Fsp3) is 0.719. The lowest BCUT2D eigenvalue weighted by Crippen LogP contribution is -2.38. The van der Waals surface area contributed by atoms with Crippen LogP contribution in [-0.2, 0) is 26.8 Å². The van der Waals surface area contributed by atoms with Gasteiger partial charge in [0.15, 0.2) is 31.1 Å². The van der Waals surface area contributed by atoms with Crippen LogP contribution in [0.15, 0.2) is 0 Å². The van der Waals surface area contributed by atoms with Gasteiger partial charge in [0.2, 0.25) is 0 Å². The largest absolute Gasteiger partial charge is 0.999 e. The normalized spacial score (nSPS) is 9.88. The van der Waals surface area contributed by atoms with Crippen LogP contribution in [0.3, 0.4) is 0 Å². The third kappa shape index (κ3) is 72.0. The summed E-state index contributed by atoms with van der Waals surface area (Å²) in [6.07, 6.45) is 46.8. The molecule has 0 aromatic rings. The molecule has 0 aromatic heterocycles. The zero-order valence-electron chi connectivity index (χ0n) is 47.9. The van der Waals surface area contributed by atoms with Crippen LogP contribution in [0.5, 0.6) is 0 Å². The van der Waals surface area contributed by atoms with Crippen molar-refractivity contribution in [2.75, 3.05) is 6.61 Å². The first-order valence-corrected chi connectivity index (χ1v) is 42.7. The zero-order chi connectivity index (χ0) is 54.9. The molecule has 0 heterocycles. The summed E-state index contributed by atoms with van der Waals surface area (Å²) in [5, 5.41) is 3.81. The van der Waals surface area contributed by atoms with Crippen molar-refractivity contribution in [3.8, 4) is 96.1 Å². The van der Waals surface area contributed by atoms with Crippen LogP contribution in [0.2, 0.25) is 74.8 Å². The second kappa shape index (κ2) is 58.0. The second-order valence-electron chi connectivity index (χ2n) is 20.4. The van der Waals surface area contributed by atoms with Crippen molar-refractivity contribution >= 4 is 69.4 Å². The molecular weight excluding hydrogens is 994 g/mol. The maximum Gasteiger partial charge on any atom is 0.999 e. The van der Waals surface area contributed by atoms with Crippen molar-refractivity contribution in [1.29, 1.82) is 0 Å². The molecule has 432 valence electrons. The molecule has 0 unspecified atom stereocenters. The quantitative estimate of drug-likeness (QED) is 0.0197.